The third-order valence-corrected chi connectivity index (χ3v) is 7.08. The summed E-state index contributed by atoms with van der Waals surface area (Å²) in [5, 5.41) is 3.65. The second-order valence-corrected chi connectivity index (χ2v) is 8.96. The summed E-state index contributed by atoms with van der Waals surface area (Å²) >= 11 is 1.42. The number of hydrogen-bond donors (Lipinski definition) is 1. The van der Waals surface area contributed by atoms with E-state index in [1.807, 2.05) is 48.5 Å². The number of thiophene rings is 1. The van der Waals surface area contributed by atoms with Crippen LogP contribution in [0, 0.1) is 0 Å². The minimum absolute atomic E-state index is 0.140. The lowest BCUT2D eigenvalue weighted by molar-refractivity contribution is 0.0285. The third kappa shape index (κ3) is 3.48. The molecule has 2 aromatic heterocycles. The Bertz CT molecular complexity index is 1380. The van der Waals surface area contributed by atoms with Gasteiger partial charge in [-0.25, -0.2) is 0 Å². The quantitative estimate of drug-likeness (QED) is 0.476. The Morgan fingerprint density at radius 3 is 2.67 bits per heavy atom. The van der Waals surface area contributed by atoms with E-state index in [0.717, 1.165) is 21.8 Å². The number of furan rings is 1. The maximum atomic E-state index is 13.3. The van der Waals surface area contributed by atoms with Gasteiger partial charge in [-0.3, -0.25) is 9.59 Å². The molecule has 0 radical (unpaired) electrons. The van der Waals surface area contributed by atoms with Crippen LogP contribution in [0.5, 0.6) is 5.75 Å². The van der Waals surface area contributed by atoms with Gasteiger partial charge >= 0.3 is 0 Å². The number of carbonyl (C=O) groups excluding carboxylic acids is 2. The number of ether oxygens (including phenoxy) is 2. The van der Waals surface area contributed by atoms with Gasteiger partial charge in [0.25, 0.3) is 11.8 Å². The van der Waals surface area contributed by atoms with E-state index >= 15 is 0 Å². The number of nitrogens with zero attached hydrogens (tertiary/aromatic N) is 1. The standard InChI is InChI=1S/C25H20N2O5S/c28-24(20-13-15-14-31-18-7-3-2-6-17(18)23(15)33-20)26-21-16-5-1-4-8-19(16)32-22(21)25(29)27-9-11-30-12-10-27/h1-8,13H,9-12,14H2,(H,26,28). The Morgan fingerprint density at radius 1 is 1.00 bits per heavy atom. The minimum Gasteiger partial charge on any atom is -0.488 e. The molecule has 4 heterocycles. The molecular weight excluding hydrogens is 440 g/mol. The van der Waals surface area contributed by atoms with Crippen molar-refractivity contribution in [3.8, 4) is 16.2 Å². The van der Waals surface area contributed by atoms with Crippen LogP contribution in [0.1, 0.15) is 25.8 Å². The van der Waals surface area contributed by atoms with Gasteiger partial charge in [0, 0.05) is 34.5 Å². The number of fused-ring (bicyclic) bond motifs is 4. The first-order valence-corrected chi connectivity index (χ1v) is 11.6. The lowest BCUT2D eigenvalue weighted by Crippen LogP contribution is -2.40. The summed E-state index contributed by atoms with van der Waals surface area (Å²) < 4.78 is 17.1. The van der Waals surface area contributed by atoms with Gasteiger partial charge in [0.15, 0.2) is 0 Å². The van der Waals surface area contributed by atoms with Gasteiger partial charge in [-0.1, -0.05) is 24.3 Å². The van der Waals surface area contributed by atoms with Crippen LogP contribution in [0.3, 0.4) is 0 Å². The molecule has 0 saturated carbocycles. The van der Waals surface area contributed by atoms with E-state index in [2.05, 4.69) is 5.32 Å². The van der Waals surface area contributed by atoms with Crippen molar-refractivity contribution in [3.63, 3.8) is 0 Å². The summed E-state index contributed by atoms with van der Waals surface area (Å²) in [6, 6.07) is 17.0. The molecule has 2 aliphatic rings. The summed E-state index contributed by atoms with van der Waals surface area (Å²) in [6.07, 6.45) is 0. The van der Waals surface area contributed by atoms with Crippen LogP contribution in [0.4, 0.5) is 5.69 Å². The van der Waals surface area contributed by atoms with Crippen molar-refractivity contribution in [2.75, 3.05) is 31.6 Å². The van der Waals surface area contributed by atoms with Gasteiger partial charge in [0.05, 0.1) is 18.1 Å². The zero-order chi connectivity index (χ0) is 22.4. The van der Waals surface area contributed by atoms with E-state index in [9.17, 15) is 9.59 Å². The minimum atomic E-state index is -0.283. The van der Waals surface area contributed by atoms with Crippen molar-refractivity contribution < 1.29 is 23.5 Å². The van der Waals surface area contributed by atoms with Crippen molar-refractivity contribution in [2.24, 2.45) is 0 Å². The predicted octanol–water partition coefficient (Wildman–Crippen LogP) is 4.78. The average Bonchev–Trinajstić information content (AvgIpc) is 3.46. The molecule has 0 atom stereocenters. The molecule has 2 aliphatic heterocycles. The molecule has 1 saturated heterocycles. The number of carbonyl (C=O) groups is 2. The molecule has 8 heteroatoms. The highest BCUT2D eigenvalue weighted by Gasteiger charge is 2.29. The van der Waals surface area contributed by atoms with Crippen molar-refractivity contribution in [1.82, 2.24) is 4.90 Å². The lowest BCUT2D eigenvalue weighted by atomic mass is 10.1. The van der Waals surface area contributed by atoms with Crippen LogP contribution in [0.2, 0.25) is 0 Å². The van der Waals surface area contributed by atoms with E-state index in [-0.39, 0.29) is 17.6 Å². The predicted molar refractivity (Wildman–Crippen MR) is 125 cm³/mol. The van der Waals surface area contributed by atoms with Crippen molar-refractivity contribution in [3.05, 3.63) is 70.8 Å². The maximum Gasteiger partial charge on any atom is 0.291 e. The van der Waals surface area contributed by atoms with Gasteiger partial charge in [0.2, 0.25) is 5.76 Å². The lowest BCUT2D eigenvalue weighted by Gasteiger charge is -2.26. The van der Waals surface area contributed by atoms with E-state index in [4.69, 9.17) is 13.9 Å². The highest BCUT2D eigenvalue weighted by molar-refractivity contribution is 7.17. The van der Waals surface area contributed by atoms with Crippen LogP contribution in [0.25, 0.3) is 21.4 Å². The molecule has 166 valence electrons. The molecule has 4 aromatic rings. The molecule has 7 nitrogen and oxygen atoms in total. The van der Waals surface area contributed by atoms with Crippen molar-refractivity contribution in [1.29, 1.82) is 0 Å². The molecule has 1 fully saturated rings. The van der Waals surface area contributed by atoms with Gasteiger partial charge in [-0.05, 0) is 30.3 Å². The Labute approximate surface area is 193 Å². The van der Waals surface area contributed by atoms with E-state index < -0.39 is 0 Å². The Morgan fingerprint density at radius 2 is 1.79 bits per heavy atom. The molecule has 0 bridgehead atoms. The van der Waals surface area contributed by atoms with E-state index in [0.29, 0.717) is 54.4 Å². The fraction of sp³-hybridized carbons (Fsp3) is 0.200. The Hall–Kier alpha value is -3.62. The molecule has 0 spiro atoms. The molecule has 1 N–H and O–H groups in total. The maximum absolute atomic E-state index is 13.3. The topological polar surface area (TPSA) is 81.0 Å². The number of nitrogens with one attached hydrogen (secondary N) is 1. The molecule has 6 rings (SSSR count). The summed E-state index contributed by atoms with van der Waals surface area (Å²) in [5.41, 5.74) is 2.91. The molecule has 2 aromatic carbocycles. The molecular formula is C25H20N2O5S. The zero-order valence-corrected chi connectivity index (χ0v) is 18.4. The van der Waals surface area contributed by atoms with Crippen LogP contribution in [-0.2, 0) is 11.3 Å². The van der Waals surface area contributed by atoms with Crippen molar-refractivity contribution >= 4 is 39.8 Å². The summed E-state index contributed by atoms with van der Waals surface area (Å²) in [4.78, 5) is 29.8. The van der Waals surface area contributed by atoms with Gasteiger partial charge in [-0.2, -0.15) is 0 Å². The van der Waals surface area contributed by atoms with Gasteiger partial charge in [-0.15, -0.1) is 11.3 Å². The number of morpholine rings is 1. The largest absolute Gasteiger partial charge is 0.488 e. The Balaban J connectivity index is 1.35. The summed E-state index contributed by atoms with van der Waals surface area (Å²) in [6.45, 7) is 2.36. The number of rotatable bonds is 3. The van der Waals surface area contributed by atoms with Gasteiger partial charge in [0.1, 0.15) is 23.6 Å². The number of anilines is 1. The number of amides is 2. The zero-order valence-electron chi connectivity index (χ0n) is 17.6. The second-order valence-electron chi connectivity index (χ2n) is 7.91. The van der Waals surface area contributed by atoms with Crippen LogP contribution < -0.4 is 10.1 Å². The van der Waals surface area contributed by atoms with Crippen LogP contribution in [-0.4, -0.2) is 43.0 Å². The molecule has 0 unspecified atom stereocenters. The van der Waals surface area contributed by atoms with Gasteiger partial charge < -0.3 is 24.1 Å². The van der Waals surface area contributed by atoms with Crippen molar-refractivity contribution in [2.45, 2.75) is 6.61 Å². The second kappa shape index (κ2) is 8.06. The highest BCUT2D eigenvalue weighted by atomic mass is 32.1. The summed E-state index contributed by atoms with van der Waals surface area (Å²) in [5.74, 6) is 0.423. The highest BCUT2D eigenvalue weighted by Crippen LogP contribution is 2.42. The molecule has 33 heavy (non-hydrogen) atoms. The molecule has 2 amide bonds. The third-order valence-electron chi connectivity index (χ3n) is 5.87. The fourth-order valence-corrected chi connectivity index (χ4v) is 5.31. The van der Waals surface area contributed by atoms with Crippen LogP contribution in [0.15, 0.2) is 59.0 Å². The Kier molecular flexibility index (Phi) is 4.89. The first-order chi connectivity index (χ1) is 16.2. The van der Waals surface area contributed by atoms with Crippen LogP contribution >= 0.6 is 11.3 Å². The number of benzene rings is 2. The summed E-state index contributed by atoms with van der Waals surface area (Å²) in [7, 11) is 0. The fourth-order valence-electron chi connectivity index (χ4n) is 4.22. The normalized spacial score (nSPS) is 15.0. The molecule has 0 aliphatic carbocycles. The smallest absolute Gasteiger partial charge is 0.291 e. The van der Waals surface area contributed by atoms with E-state index in [1.165, 1.54) is 11.3 Å². The first-order valence-electron chi connectivity index (χ1n) is 10.7. The monoisotopic (exact) mass is 460 g/mol. The number of para-hydroxylation sites is 2. The average molecular weight is 461 g/mol. The first kappa shape index (κ1) is 20.0. The SMILES string of the molecule is O=C(Nc1c(C(=O)N2CCOCC2)oc2ccccc12)c1cc2c(s1)-c1ccccc1OC2. The van der Waals surface area contributed by atoms with E-state index in [1.54, 1.807) is 11.0 Å². The number of hydrogen-bond acceptors (Lipinski definition) is 6.